The normalized spacial score (nSPS) is 11.0. The van der Waals surface area contributed by atoms with Crippen LogP contribution in [0.4, 0.5) is 5.69 Å². The maximum absolute atomic E-state index is 11.9. The Morgan fingerprint density at radius 2 is 1.64 bits per heavy atom. The zero-order valence-corrected chi connectivity index (χ0v) is 12.5. The number of fused-ring (bicyclic) bond motifs is 1. The molecule has 0 atom stereocenters. The van der Waals surface area contributed by atoms with Crippen molar-refractivity contribution in [3.05, 3.63) is 83.4 Å². The number of carbonyl (C=O) groups is 1. The summed E-state index contributed by atoms with van der Waals surface area (Å²) in [5.74, 6) is -0.207. The maximum Gasteiger partial charge on any atom is 0.248 e. The molecule has 0 aliphatic heterocycles. The highest BCUT2D eigenvalue weighted by atomic mass is 35.5. The van der Waals surface area contributed by atoms with Gasteiger partial charge in [0.05, 0.1) is 10.7 Å². The lowest BCUT2D eigenvalue weighted by Gasteiger charge is -2.04. The second-order valence-electron chi connectivity index (χ2n) is 4.91. The number of amides is 1. The largest absolute Gasteiger partial charge is 0.321 e. The number of rotatable bonds is 3. The van der Waals surface area contributed by atoms with Gasteiger partial charge in [-0.3, -0.25) is 4.79 Å². The summed E-state index contributed by atoms with van der Waals surface area (Å²) in [6.07, 6.45) is 3.30. The van der Waals surface area contributed by atoms with E-state index in [-0.39, 0.29) is 5.91 Å². The van der Waals surface area contributed by atoms with Gasteiger partial charge in [0.25, 0.3) is 0 Å². The van der Waals surface area contributed by atoms with E-state index in [0.717, 1.165) is 10.9 Å². The lowest BCUT2D eigenvalue weighted by Crippen LogP contribution is -2.07. The van der Waals surface area contributed by atoms with Crippen LogP contribution >= 0.6 is 11.6 Å². The van der Waals surface area contributed by atoms with Gasteiger partial charge in [-0.15, -0.1) is 0 Å². The van der Waals surface area contributed by atoms with Crippen LogP contribution in [0.3, 0.4) is 0 Å². The first-order valence-electron chi connectivity index (χ1n) is 6.95. The SMILES string of the molecule is O=C(C=Cc1ccc2ccccc2c1)Nc1ccccc1Cl. The van der Waals surface area contributed by atoms with E-state index in [1.807, 2.05) is 36.4 Å². The molecule has 0 spiro atoms. The van der Waals surface area contributed by atoms with Crippen molar-refractivity contribution in [2.45, 2.75) is 0 Å². The number of hydrogen-bond donors (Lipinski definition) is 1. The van der Waals surface area contributed by atoms with Crippen LogP contribution in [0.1, 0.15) is 5.56 Å². The molecule has 0 aliphatic rings. The lowest BCUT2D eigenvalue weighted by molar-refractivity contribution is -0.111. The summed E-state index contributed by atoms with van der Waals surface area (Å²) in [7, 11) is 0. The Kier molecular flexibility index (Phi) is 4.22. The van der Waals surface area contributed by atoms with Crippen LogP contribution in [0.15, 0.2) is 72.8 Å². The van der Waals surface area contributed by atoms with Crippen molar-refractivity contribution in [2.75, 3.05) is 5.32 Å². The lowest BCUT2D eigenvalue weighted by atomic mass is 10.1. The number of halogens is 1. The van der Waals surface area contributed by atoms with Crippen LogP contribution in [0, 0.1) is 0 Å². The van der Waals surface area contributed by atoms with Crippen molar-refractivity contribution in [1.82, 2.24) is 0 Å². The van der Waals surface area contributed by atoms with Crippen LogP contribution in [-0.4, -0.2) is 5.91 Å². The summed E-state index contributed by atoms with van der Waals surface area (Å²) in [6, 6.07) is 21.4. The Bertz CT molecular complexity index is 855. The summed E-state index contributed by atoms with van der Waals surface area (Å²) in [6.45, 7) is 0. The number of carbonyl (C=O) groups excluding carboxylic acids is 1. The van der Waals surface area contributed by atoms with E-state index >= 15 is 0 Å². The zero-order chi connectivity index (χ0) is 15.4. The average Bonchev–Trinajstić information content (AvgIpc) is 2.55. The van der Waals surface area contributed by atoms with Gasteiger partial charge >= 0.3 is 0 Å². The fraction of sp³-hybridized carbons (Fsp3) is 0. The van der Waals surface area contributed by atoms with Gasteiger partial charge in [-0.2, -0.15) is 0 Å². The molecule has 0 radical (unpaired) electrons. The first-order chi connectivity index (χ1) is 10.7. The van der Waals surface area contributed by atoms with Gasteiger partial charge in [-0.1, -0.05) is 60.1 Å². The van der Waals surface area contributed by atoms with E-state index in [1.165, 1.54) is 11.5 Å². The molecule has 0 unspecified atom stereocenters. The second kappa shape index (κ2) is 6.46. The van der Waals surface area contributed by atoms with E-state index in [2.05, 4.69) is 23.5 Å². The van der Waals surface area contributed by atoms with Gasteiger partial charge < -0.3 is 5.32 Å². The molecule has 3 aromatic carbocycles. The van der Waals surface area contributed by atoms with E-state index in [9.17, 15) is 4.79 Å². The predicted molar refractivity (Wildman–Crippen MR) is 93.1 cm³/mol. The van der Waals surface area contributed by atoms with Gasteiger partial charge in [-0.05, 0) is 40.6 Å². The summed E-state index contributed by atoms with van der Waals surface area (Å²) in [4.78, 5) is 11.9. The minimum Gasteiger partial charge on any atom is -0.321 e. The van der Waals surface area contributed by atoms with Crippen molar-refractivity contribution >= 4 is 40.0 Å². The Morgan fingerprint density at radius 3 is 2.45 bits per heavy atom. The molecule has 0 heterocycles. The van der Waals surface area contributed by atoms with Crippen molar-refractivity contribution < 1.29 is 4.79 Å². The Labute approximate surface area is 134 Å². The topological polar surface area (TPSA) is 29.1 Å². The molecule has 0 aromatic heterocycles. The van der Waals surface area contributed by atoms with Crippen LogP contribution < -0.4 is 5.32 Å². The van der Waals surface area contributed by atoms with Gasteiger partial charge in [-0.25, -0.2) is 0 Å². The number of anilines is 1. The molecule has 2 nitrogen and oxygen atoms in total. The third-order valence-electron chi connectivity index (χ3n) is 3.33. The van der Waals surface area contributed by atoms with E-state index in [1.54, 1.807) is 18.2 Å². The molecule has 3 rings (SSSR count). The monoisotopic (exact) mass is 307 g/mol. The van der Waals surface area contributed by atoms with Gasteiger partial charge in [0.15, 0.2) is 0 Å². The highest BCUT2D eigenvalue weighted by Gasteiger charge is 2.01. The fourth-order valence-corrected chi connectivity index (χ4v) is 2.40. The van der Waals surface area contributed by atoms with Crippen molar-refractivity contribution in [1.29, 1.82) is 0 Å². The smallest absolute Gasteiger partial charge is 0.248 e. The molecule has 3 aromatic rings. The van der Waals surface area contributed by atoms with Crippen LogP contribution in [0.2, 0.25) is 5.02 Å². The Hall–Kier alpha value is -2.58. The highest BCUT2D eigenvalue weighted by molar-refractivity contribution is 6.33. The summed E-state index contributed by atoms with van der Waals surface area (Å²) in [5.41, 5.74) is 1.59. The van der Waals surface area contributed by atoms with Gasteiger partial charge in [0.2, 0.25) is 5.91 Å². The maximum atomic E-state index is 11.9. The minimum absolute atomic E-state index is 0.207. The Morgan fingerprint density at radius 1 is 0.909 bits per heavy atom. The second-order valence-corrected chi connectivity index (χ2v) is 5.32. The van der Waals surface area contributed by atoms with Crippen molar-refractivity contribution in [2.24, 2.45) is 0 Å². The van der Waals surface area contributed by atoms with E-state index < -0.39 is 0 Å². The van der Waals surface area contributed by atoms with Gasteiger partial charge in [0.1, 0.15) is 0 Å². The summed E-state index contributed by atoms with van der Waals surface area (Å²) in [5, 5.41) is 5.61. The first-order valence-corrected chi connectivity index (χ1v) is 7.32. The number of nitrogens with one attached hydrogen (secondary N) is 1. The molecule has 0 fully saturated rings. The minimum atomic E-state index is -0.207. The molecule has 0 saturated heterocycles. The molecular weight excluding hydrogens is 294 g/mol. The molecule has 22 heavy (non-hydrogen) atoms. The number of hydrogen-bond acceptors (Lipinski definition) is 1. The number of benzene rings is 3. The quantitative estimate of drug-likeness (QED) is 0.666. The molecule has 0 bridgehead atoms. The van der Waals surface area contributed by atoms with Gasteiger partial charge in [0, 0.05) is 6.08 Å². The standard InChI is InChI=1S/C19H14ClNO/c20-17-7-3-4-8-18(17)21-19(22)12-10-14-9-11-15-5-1-2-6-16(15)13-14/h1-13H,(H,21,22). The zero-order valence-electron chi connectivity index (χ0n) is 11.8. The van der Waals surface area contributed by atoms with Crippen molar-refractivity contribution in [3.63, 3.8) is 0 Å². The van der Waals surface area contributed by atoms with E-state index in [0.29, 0.717) is 10.7 Å². The third-order valence-corrected chi connectivity index (χ3v) is 3.66. The molecule has 0 aliphatic carbocycles. The van der Waals surface area contributed by atoms with Crippen LogP contribution in [0.25, 0.3) is 16.8 Å². The fourth-order valence-electron chi connectivity index (χ4n) is 2.22. The van der Waals surface area contributed by atoms with Crippen molar-refractivity contribution in [3.8, 4) is 0 Å². The third kappa shape index (κ3) is 3.35. The predicted octanol–water partition coefficient (Wildman–Crippen LogP) is 5.15. The molecular formula is C19H14ClNO. The first kappa shape index (κ1) is 14.4. The average molecular weight is 308 g/mol. The Balaban J connectivity index is 1.75. The van der Waals surface area contributed by atoms with Crippen LogP contribution in [-0.2, 0) is 4.79 Å². The summed E-state index contributed by atoms with van der Waals surface area (Å²) < 4.78 is 0. The molecule has 1 amide bonds. The van der Waals surface area contributed by atoms with Crippen LogP contribution in [0.5, 0.6) is 0 Å². The summed E-state index contributed by atoms with van der Waals surface area (Å²) >= 11 is 6.01. The highest BCUT2D eigenvalue weighted by Crippen LogP contribution is 2.20. The molecule has 1 N–H and O–H groups in total. The number of para-hydroxylation sites is 1. The molecule has 3 heteroatoms. The van der Waals surface area contributed by atoms with E-state index in [4.69, 9.17) is 11.6 Å². The molecule has 0 saturated carbocycles. The molecule has 108 valence electrons.